The Bertz CT molecular complexity index is 297. The Kier molecular flexibility index (Phi) is 2.84. The summed E-state index contributed by atoms with van der Waals surface area (Å²) >= 11 is 0. The monoisotopic (exact) mass is 195 g/mol. The average Bonchev–Trinajstić information content (AvgIpc) is 2.65. The highest BCUT2D eigenvalue weighted by Crippen LogP contribution is 2.19. The minimum absolute atomic E-state index is 0.336. The summed E-state index contributed by atoms with van der Waals surface area (Å²) in [5, 5.41) is 7.66. The summed E-state index contributed by atoms with van der Waals surface area (Å²) in [5.41, 5.74) is 1.20. The van der Waals surface area contributed by atoms with Crippen LogP contribution in [-0.4, -0.2) is 36.1 Å². The Morgan fingerprint density at radius 2 is 2.50 bits per heavy atom. The highest BCUT2D eigenvalue weighted by Gasteiger charge is 2.26. The lowest BCUT2D eigenvalue weighted by atomic mass is 10.0. The molecule has 2 rings (SSSR count). The summed E-state index contributed by atoms with van der Waals surface area (Å²) in [6.07, 6.45) is 5.02. The largest absolute Gasteiger partial charge is 0.379 e. The van der Waals surface area contributed by atoms with Gasteiger partial charge in [0.05, 0.1) is 18.8 Å². The summed E-state index contributed by atoms with van der Waals surface area (Å²) in [6, 6.07) is 0.811. The molecule has 0 spiro atoms. The van der Waals surface area contributed by atoms with E-state index in [1.54, 1.807) is 0 Å². The topological polar surface area (TPSA) is 39.1 Å². The van der Waals surface area contributed by atoms with E-state index in [0.29, 0.717) is 12.1 Å². The third-order valence-electron chi connectivity index (χ3n) is 2.77. The van der Waals surface area contributed by atoms with Gasteiger partial charge in [0, 0.05) is 18.8 Å². The van der Waals surface area contributed by atoms with Crippen LogP contribution < -0.4 is 5.32 Å². The minimum atomic E-state index is 0.336. The van der Waals surface area contributed by atoms with Crippen LogP contribution in [0.5, 0.6) is 0 Å². The summed E-state index contributed by atoms with van der Waals surface area (Å²) < 4.78 is 7.49. The second-order valence-electron chi connectivity index (χ2n) is 3.82. The Morgan fingerprint density at radius 3 is 3.14 bits per heavy atom. The fourth-order valence-corrected chi connectivity index (χ4v) is 1.93. The molecule has 4 nitrogen and oxygen atoms in total. The molecule has 78 valence electrons. The van der Waals surface area contributed by atoms with Crippen molar-refractivity contribution in [3.8, 4) is 0 Å². The summed E-state index contributed by atoms with van der Waals surface area (Å²) in [7, 11) is 2.00. The molecule has 2 atom stereocenters. The lowest BCUT2D eigenvalue weighted by molar-refractivity contribution is 0.0346. The number of ether oxygens (including phenoxy) is 1. The first-order chi connectivity index (χ1) is 6.81. The van der Waals surface area contributed by atoms with Gasteiger partial charge < -0.3 is 10.1 Å². The van der Waals surface area contributed by atoms with Crippen LogP contribution in [0.15, 0.2) is 12.4 Å². The van der Waals surface area contributed by atoms with Crippen molar-refractivity contribution >= 4 is 0 Å². The Labute approximate surface area is 84.3 Å². The molecule has 1 saturated heterocycles. The number of nitrogens with one attached hydrogen (secondary N) is 1. The molecule has 0 amide bonds. The first-order valence-electron chi connectivity index (χ1n) is 5.07. The number of hydrogen-bond donors (Lipinski definition) is 1. The van der Waals surface area contributed by atoms with Crippen LogP contribution in [0.3, 0.4) is 0 Å². The first kappa shape index (κ1) is 9.68. The second kappa shape index (κ2) is 4.11. The number of aromatic nitrogens is 2. The number of nitrogens with zero attached hydrogens (tertiary/aromatic N) is 2. The molecule has 1 aliphatic rings. The molecule has 1 aliphatic heterocycles. The van der Waals surface area contributed by atoms with Crippen molar-refractivity contribution in [2.24, 2.45) is 0 Å². The maximum Gasteiger partial charge on any atom is 0.0905 e. The van der Waals surface area contributed by atoms with Gasteiger partial charge in [0.2, 0.25) is 0 Å². The van der Waals surface area contributed by atoms with E-state index in [0.717, 1.165) is 19.6 Å². The molecule has 0 bridgehead atoms. The minimum Gasteiger partial charge on any atom is -0.379 e. The number of hydrogen-bond acceptors (Lipinski definition) is 3. The second-order valence-corrected chi connectivity index (χ2v) is 3.82. The predicted octanol–water partition coefficient (Wildman–Crippen LogP) is 0.741. The van der Waals surface area contributed by atoms with Crippen LogP contribution in [0.25, 0.3) is 0 Å². The fraction of sp³-hybridized carbons (Fsp3) is 0.700. The molecule has 0 radical (unpaired) electrons. The van der Waals surface area contributed by atoms with Crippen molar-refractivity contribution < 1.29 is 4.74 Å². The van der Waals surface area contributed by atoms with Crippen LogP contribution in [0, 0.1) is 6.92 Å². The SMILES string of the molecule is CNC1CCOCC1n1cc(C)cn1. The van der Waals surface area contributed by atoms with Crippen molar-refractivity contribution in [1.29, 1.82) is 0 Å². The molecule has 1 fully saturated rings. The van der Waals surface area contributed by atoms with Crippen LogP contribution in [0.4, 0.5) is 0 Å². The molecular formula is C10H17N3O. The number of likely N-dealkylation sites (N-methyl/N-ethyl adjacent to an activating group) is 1. The van der Waals surface area contributed by atoms with Gasteiger partial charge in [-0.2, -0.15) is 5.10 Å². The highest BCUT2D eigenvalue weighted by atomic mass is 16.5. The molecule has 0 aliphatic carbocycles. The Hall–Kier alpha value is -0.870. The van der Waals surface area contributed by atoms with E-state index < -0.39 is 0 Å². The predicted molar refractivity (Wildman–Crippen MR) is 54.3 cm³/mol. The zero-order valence-corrected chi connectivity index (χ0v) is 8.73. The maximum absolute atomic E-state index is 5.48. The average molecular weight is 195 g/mol. The maximum atomic E-state index is 5.48. The zero-order chi connectivity index (χ0) is 9.97. The van der Waals surface area contributed by atoms with Gasteiger partial charge in [0.25, 0.3) is 0 Å². The number of aryl methyl sites for hydroxylation is 1. The van der Waals surface area contributed by atoms with Crippen molar-refractivity contribution in [1.82, 2.24) is 15.1 Å². The smallest absolute Gasteiger partial charge is 0.0905 e. The van der Waals surface area contributed by atoms with Gasteiger partial charge in [-0.15, -0.1) is 0 Å². The molecule has 14 heavy (non-hydrogen) atoms. The van der Waals surface area contributed by atoms with E-state index in [-0.39, 0.29) is 0 Å². The van der Waals surface area contributed by atoms with Gasteiger partial charge >= 0.3 is 0 Å². The van der Waals surface area contributed by atoms with Gasteiger partial charge in [-0.25, -0.2) is 0 Å². The lowest BCUT2D eigenvalue weighted by Gasteiger charge is -2.31. The van der Waals surface area contributed by atoms with Crippen LogP contribution in [-0.2, 0) is 4.74 Å². The fourth-order valence-electron chi connectivity index (χ4n) is 1.93. The third kappa shape index (κ3) is 1.81. The molecule has 2 unspecified atom stereocenters. The van der Waals surface area contributed by atoms with Crippen LogP contribution in [0.1, 0.15) is 18.0 Å². The Morgan fingerprint density at radius 1 is 1.64 bits per heavy atom. The number of rotatable bonds is 2. The molecule has 2 heterocycles. The summed E-state index contributed by atoms with van der Waals surface area (Å²) in [4.78, 5) is 0. The van der Waals surface area contributed by atoms with Gasteiger partial charge in [0.1, 0.15) is 0 Å². The molecular weight excluding hydrogens is 178 g/mol. The third-order valence-corrected chi connectivity index (χ3v) is 2.77. The van der Waals surface area contributed by atoms with Gasteiger partial charge in [-0.3, -0.25) is 4.68 Å². The van der Waals surface area contributed by atoms with E-state index in [2.05, 4.69) is 23.5 Å². The van der Waals surface area contributed by atoms with E-state index >= 15 is 0 Å². The molecule has 1 aromatic heterocycles. The molecule has 4 heteroatoms. The standard InChI is InChI=1S/C10H17N3O/c1-8-5-12-13(6-8)10-7-14-4-3-9(10)11-2/h5-6,9-11H,3-4,7H2,1-2H3. The van der Waals surface area contributed by atoms with E-state index in [1.807, 2.05) is 17.9 Å². The van der Waals surface area contributed by atoms with E-state index in [4.69, 9.17) is 4.74 Å². The lowest BCUT2D eigenvalue weighted by Crippen LogP contribution is -2.42. The normalized spacial score (nSPS) is 27.9. The van der Waals surface area contributed by atoms with Crippen molar-refractivity contribution in [2.45, 2.75) is 25.4 Å². The Balaban J connectivity index is 2.14. The molecule has 0 aromatic carbocycles. The van der Waals surface area contributed by atoms with E-state index in [1.165, 1.54) is 5.56 Å². The van der Waals surface area contributed by atoms with Crippen molar-refractivity contribution in [2.75, 3.05) is 20.3 Å². The van der Waals surface area contributed by atoms with Gasteiger partial charge in [0.15, 0.2) is 0 Å². The van der Waals surface area contributed by atoms with Crippen LogP contribution in [0.2, 0.25) is 0 Å². The highest BCUT2D eigenvalue weighted by molar-refractivity contribution is 5.01. The quantitative estimate of drug-likeness (QED) is 0.756. The first-order valence-corrected chi connectivity index (χ1v) is 5.07. The van der Waals surface area contributed by atoms with Gasteiger partial charge in [-0.1, -0.05) is 0 Å². The zero-order valence-electron chi connectivity index (χ0n) is 8.73. The molecule has 0 saturated carbocycles. The van der Waals surface area contributed by atoms with E-state index in [9.17, 15) is 0 Å². The van der Waals surface area contributed by atoms with Crippen molar-refractivity contribution in [3.05, 3.63) is 18.0 Å². The van der Waals surface area contributed by atoms with Crippen LogP contribution >= 0.6 is 0 Å². The molecule has 1 aromatic rings. The van der Waals surface area contributed by atoms with Crippen molar-refractivity contribution in [3.63, 3.8) is 0 Å². The van der Waals surface area contributed by atoms with Gasteiger partial charge in [-0.05, 0) is 26.0 Å². The summed E-state index contributed by atoms with van der Waals surface area (Å²) in [5.74, 6) is 0. The molecule has 1 N–H and O–H groups in total. The summed E-state index contributed by atoms with van der Waals surface area (Å²) in [6.45, 7) is 3.66.